The van der Waals surface area contributed by atoms with Crippen LogP contribution in [0.15, 0.2) is 23.2 Å². The van der Waals surface area contributed by atoms with Crippen LogP contribution in [0.3, 0.4) is 0 Å². The first-order valence-corrected chi connectivity index (χ1v) is 9.49. The highest BCUT2D eigenvalue weighted by atomic mass is 127. The lowest BCUT2D eigenvalue weighted by Crippen LogP contribution is -2.48. The first kappa shape index (κ1) is 23.0. The number of aryl methyl sites for hydroxylation is 1. The number of guanidine groups is 1. The van der Waals surface area contributed by atoms with Crippen LogP contribution in [0.4, 0.5) is 5.69 Å². The molecule has 1 aromatic rings. The van der Waals surface area contributed by atoms with Crippen molar-refractivity contribution in [2.24, 2.45) is 4.99 Å². The van der Waals surface area contributed by atoms with Crippen molar-refractivity contribution in [3.05, 3.63) is 29.3 Å². The van der Waals surface area contributed by atoms with Gasteiger partial charge in [-0.2, -0.15) is 0 Å². The van der Waals surface area contributed by atoms with Crippen LogP contribution in [0.1, 0.15) is 37.3 Å². The largest absolute Gasteiger partial charge is 0.378 e. The molecular formula is C20H36IN5. The number of nitrogens with one attached hydrogen (secondary N) is 2. The van der Waals surface area contributed by atoms with E-state index >= 15 is 0 Å². The summed E-state index contributed by atoms with van der Waals surface area (Å²) >= 11 is 0. The molecule has 0 unspecified atom stereocenters. The summed E-state index contributed by atoms with van der Waals surface area (Å²) in [6, 6.07) is 7.13. The molecule has 1 aromatic carbocycles. The molecule has 148 valence electrons. The van der Waals surface area contributed by atoms with Gasteiger partial charge in [0.1, 0.15) is 0 Å². The van der Waals surface area contributed by atoms with Crippen LogP contribution in [-0.4, -0.2) is 57.7 Å². The van der Waals surface area contributed by atoms with Crippen molar-refractivity contribution in [3.8, 4) is 0 Å². The fourth-order valence-corrected chi connectivity index (χ4v) is 3.34. The highest BCUT2D eigenvalue weighted by molar-refractivity contribution is 14.0. The summed E-state index contributed by atoms with van der Waals surface area (Å²) < 4.78 is 0. The van der Waals surface area contributed by atoms with Gasteiger partial charge in [-0.25, -0.2) is 0 Å². The summed E-state index contributed by atoms with van der Waals surface area (Å²) in [6.07, 6.45) is 3.63. The second-order valence-corrected chi connectivity index (χ2v) is 7.19. The molecular weight excluding hydrogens is 437 g/mol. The smallest absolute Gasteiger partial charge is 0.191 e. The normalized spacial score (nSPS) is 16.1. The number of rotatable bonds is 6. The van der Waals surface area contributed by atoms with E-state index in [1.807, 2.05) is 7.05 Å². The van der Waals surface area contributed by atoms with Gasteiger partial charge in [0.15, 0.2) is 5.96 Å². The Bertz CT molecular complexity index is 565. The van der Waals surface area contributed by atoms with Crippen LogP contribution < -0.4 is 15.5 Å². The van der Waals surface area contributed by atoms with E-state index in [2.05, 4.69) is 71.6 Å². The zero-order chi connectivity index (χ0) is 18.2. The third-order valence-electron chi connectivity index (χ3n) is 4.98. The third-order valence-corrected chi connectivity index (χ3v) is 4.98. The minimum atomic E-state index is 0. The number of nitrogens with zero attached hydrogens (tertiary/aromatic N) is 3. The van der Waals surface area contributed by atoms with Gasteiger partial charge in [0.2, 0.25) is 0 Å². The Morgan fingerprint density at radius 3 is 2.50 bits per heavy atom. The topological polar surface area (TPSA) is 42.9 Å². The van der Waals surface area contributed by atoms with Crippen LogP contribution in [0.5, 0.6) is 0 Å². The molecule has 0 amide bonds. The van der Waals surface area contributed by atoms with Crippen LogP contribution in [-0.2, 0) is 6.54 Å². The summed E-state index contributed by atoms with van der Waals surface area (Å²) in [7, 11) is 6.00. The van der Waals surface area contributed by atoms with Gasteiger partial charge in [0.05, 0.1) is 0 Å². The lowest BCUT2D eigenvalue weighted by Gasteiger charge is -2.32. The maximum atomic E-state index is 4.40. The predicted octanol–water partition coefficient (Wildman–Crippen LogP) is 3.22. The quantitative estimate of drug-likeness (QED) is 0.379. The highest BCUT2D eigenvalue weighted by Gasteiger charge is 2.19. The second kappa shape index (κ2) is 11.6. The summed E-state index contributed by atoms with van der Waals surface area (Å²) in [5.74, 6) is 0.907. The molecule has 2 rings (SSSR count). The van der Waals surface area contributed by atoms with Gasteiger partial charge < -0.3 is 20.4 Å². The maximum Gasteiger partial charge on any atom is 0.191 e. The Morgan fingerprint density at radius 2 is 1.96 bits per heavy atom. The molecule has 1 fully saturated rings. The van der Waals surface area contributed by atoms with Crippen molar-refractivity contribution in [3.63, 3.8) is 0 Å². The maximum absolute atomic E-state index is 4.40. The Labute approximate surface area is 176 Å². The van der Waals surface area contributed by atoms with Crippen LogP contribution in [0, 0.1) is 6.92 Å². The van der Waals surface area contributed by atoms with Gasteiger partial charge in [-0.15, -0.1) is 24.0 Å². The molecule has 0 spiro atoms. The first-order chi connectivity index (χ1) is 12.0. The minimum Gasteiger partial charge on any atom is -0.378 e. The van der Waals surface area contributed by atoms with Gasteiger partial charge >= 0.3 is 0 Å². The van der Waals surface area contributed by atoms with Crippen molar-refractivity contribution in [1.29, 1.82) is 0 Å². The summed E-state index contributed by atoms with van der Waals surface area (Å²) in [5, 5.41) is 7.06. The molecule has 1 heterocycles. The van der Waals surface area contributed by atoms with Gasteiger partial charge in [-0.1, -0.05) is 13.0 Å². The number of anilines is 1. The Balaban J connectivity index is 0.00000338. The molecule has 1 aliphatic rings. The summed E-state index contributed by atoms with van der Waals surface area (Å²) in [6.45, 7) is 8.82. The molecule has 0 saturated carbocycles. The van der Waals surface area contributed by atoms with E-state index in [1.165, 1.54) is 55.7 Å². The standard InChI is InChI=1S/C20H35N5.HI/c1-6-11-25-12-9-18(10-13-25)23-20(21-3)22-15-17-7-8-19(24(4)5)14-16(17)2;/h7-8,14,18H,6,9-13,15H2,1-5H3,(H2,21,22,23);1H. The van der Waals surface area contributed by atoms with Gasteiger partial charge in [0.25, 0.3) is 0 Å². The van der Waals surface area contributed by atoms with E-state index in [1.54, 1.807) is 0 Å². The Morgan fingerprint density at radius 1 is 1.27 bits per heavy atom. The second-order valence-electron chi connectivity index (χ2n) is 7.19. The predicted molar refractivity (Wildman–Crippen MR) is 124 cm³/mol. The van der Waals surface area contributed by atoms with E-state index < -0.39 is 0 Å². The molecule has 26 heavy (non-hydrogen) atoms. The molecule has 1 saturated heterocycles. The monoisotopic (exact) mass is 473 g/mol. The molecule has 5 nitrogen and oxygen atoms in total. The number of hydrogen-bond donors (Lipinski definition) is 2. The van der Waals surface area contributed by atoms with Crippen molar-refractivity contribution in [1.82, 2.24) is 15.5 Å². The molecule has 1 aliphatic heterocycles. The lowest BCUT2D eigenvalue weighted by atomic mass is 10.1. The fraction of sp³-hybridized carbons (Fsp3) is 0.650. The van der Waals surface area contributed by atoms with Crippen LogP contribution >= 0.6 is 24.0 Å². The number of halogens is 1. The minimum absolute atomic E-state index is 0. The van der Waals surface area contributed by atoms with E-state index in [4.69, 9.17) is 0 Å². The van der Waals surface area contributed by atoms with Crippen molar-refractivity contribution < 1.29 is 0 Å². The van der Waals surface area contributed by atoms with Gasteiger partial charge in [-0.3, -0.25) is 4.99 Å². The zero-order valence-corrected chi connectivity index (χ0v) is 19.3. The van der Waals surface area contributed by atoms with E-state index in [0.717, 1.165) is 12.5 Å². The van der Waals surface area contributed by atoms with E-state index in [9.17, 15) is 0 Å². The third kappa shape index (κ3) is 6.95. The fourth-order valence-electron chi connectivity index (χ4n) is 3.34. The Kier molecular flexibility index (Phi) is 10.3. The van der Waals surface area contributed by atoms with Crippen LogP contribution in [0.2, 0.25) is 0 Å². The summed E-state index contributed by atoms with van der Waals surface area (Å²) in [5.41, 5.74) is 3.86. The van der Waals surface area contributed by atoms with Crippen molar-refractivity contribution >= 4 is 35.6 Å². The molecule has 0 atom stereocenters. The average Bonchev–Trinajstić information content (AvgIpc) is 2.61. The van der Waals surface area contributed by atoms with Gasteiger partial charge in [0, 0.05) is 52.5 Å². The highest BCUT2D eigenvalue weighted by Crippen LogP contribution is 2.17. The Hall–Kier alpha value is -1.02. The molecule has 0 radical (unpaired) electrons. The van der Waals surface area contributed by atoms with Crippen LogP contribution in [0.25, 0.3) is 0 Å². The zero-order valence-electron chi connectivity index (χ0n) is 17.0. The lowest BCUT2D eigenvalue weighted by molar-refractivity contribution is 0.206. The van der Waals surface area contributed by atoms with Crippen molar-refractivity contribution in [2.75, 3.05) is 45.7 Å². The van der Waals surface area contributed by atoms with Crippen molar-refractivity contribution in [2.45, 2.75) is 45.7 Å². The first-order valence-electron chi connectivity index (χ1n) is 9.49. The van der Waals surface area contributed by atoms with Gasteiger partial charge in [-0.05, 0) is 56.0 Å². The van der Waals surface area contributed by atoms with E-state index in [0.29, 0.717) is 6.04 Å². The number of benzene rings is 1. The summed E-state index contributed by atoms with van der Waals surface area (Å²) in [4.78, 5) is 9.09. The molecule has 0 bridgehead atoms. The number of likely N-dealkylation sites (tertiary alicyclic amines) is 1. The SMILES string of the molecule is CCCN1CCC(NC(=NC)NCc2ccc(N(C)C)cc2C)CC1.I. The number of hydrogen-bond acceptors (Lipinski definition) is 3. The number of piperidine rings is 1. The average molecular weight is 473 g/mol. The van der Waals surface area contributed by atoms with E-state index in [-0.39, 0.29) is 24.0 Å². The molecule has 0 aliphatic carbocycles. The molecule has 6 heteroatoms. The molecule has 0 aromatic heterocycles. The molecule has 2 N–H and O–H groups in total. The number of aliphatic imine (C=N–C) groups is 1.